The molecular weight excluding hydrogens is 260 g/mol. The fourth-order valence-corrected chi connectivity index (χ4v) is 5.02. The quantitative estimate of drug-likeness (QED) is 0.740. The van der Waals surface area contributed by atoms with Crippen molar-refractivity contribution in [3.05, 3.63) is 0 Å². The Hall–Kier alpha value is 0.160. The number of alkyl halides is 1. The molecule has 0 aromatic carbocycles. The monoisotopic (exact) mass is 280 g/mol. The normalized spacial score (nSPS) is 29.4. The summed E-state index contributed by atoms with van der Waals surface area (Å²) in [5, 5.41) is 0. The lowest BCUT2D eigenvalue weighted by Crippen LogP contribution is -2.46. The third kappa shape index (κ3) is 2.95. The Morgan fingerprint density at radius 2 is 1.65 bits per heavy atom. The van der Waals surface area contributed by atoms with Gasteiger partial charge in [-0.1, -0.05) is 12.8 Å². The van der Waals surface area contributed by atoms with E-state index in [1.807, 2.05) is 0 Å². The van der Waals surface area contributed by atoms with E-state index in [1.54, 1.807) is 8.61 Å². The van der Waals surface area contributed by atoms with Crippen molar-refractivity contribution in [3.8, 4) is 0 Å². The fourth-order valence-electron chi connectivity index (χ4n) is 2.69. The van der Waals surface area contributed by atoms with Crippen molar-refractivity contribution in [1.82, 2.24) is 8.61 Å². The molecule has 17 heavy (non-hydrogen) atoms. The molecule has 0 spiro atoms. The van der Waals surface area contributed by atoms with E-state index in [9.17, 15) is 8.42 Å². The molecule has 4 nitrogen and oxygen atoms in total. The van der Waals surface area contributed by atoms with E-state index in [0.29, 0.717) is 25.5 Å². The van der Waals surface area contributed by atoms with Crippen LogP contribution in [0.3, 0.4) is 0 Å². The van der Waals surface area contributed by atoms with E-state index in [4.69, 9.17) is 11.6 Å². The highest BCUT2D eigenvalue weighted by Crippen LogP contribution is 2.25. The van der Waals surface area contributed by atoms with Gasteiger partial charge in [0.05, 0.1) is 0 Å². The molecule has 0 N–H and O–H groups in total. The van der Waals surface area contributed by atoms with Gasteiger partial charge in [-0.25, -0.2) is 0 Å². The molecule has 0 radical (unpaired) electrons. The molecule has 2 aliphatic heterocycles. The predicted octanol–water partition coefficient (Wildman–Crippen LogP) is 1.81. The molecule has 2 fully saturated rings. The molecular formula is C11H21ClN2O2S. The second kappa shape index (κ2) is 5.87. The molecule has 0 aromatic rings. The van der Waals surface area contributed by atoms with Crippen LogP contribution in [-0.2, 0) is 10.2 Å². The molecule has 2 saturated heterocycles. The van der Waals surface area contributed by atoms with Gasteiger partial charge in [-0.15, -0.1) is 11.6 Å². The molecule has 0 aromatic heterocycles. The topological polar surface area (TPSA) is 40.6 Å². The van der Waals surface area contributed by atoms with Crippen molar-refractivity contribution in [3.63, 3.8) is 0 Å². The molecule has 1 atom stereocenters. The Morgan fingerprint density at radius 1 is 1.00 bits per heavy atom. The summed E-state index contributed by atoms with van der Waals surface area (Å²) in [5.74, 6) is 0.410. The third-order valence-corrected chi connectivity index (χ3v) is 6.14. The predicted molar refractivity (Wildman–Crippen MR) is 69.4 cm³/mol. The largest absolute Gasteiger partial charge is 0.282 e. The van der Waals surface area contributed by atoms with Crippen molar-refractivity contribution >= 4 is 21.8 Å². The van der Waals surface area contributed by atoms with E-state index >= 15 is 0 Å². The maximum absolute atomic E-state index is 12.5. The average molecular weight is 281 g/mol. The summed E-state index contributed by atoms with van der Waals surface area (Å²) < 4.78 is 28.3. The standard InChI is InChI=1S/C11H21ClN2O2S/c12-10-11-6-5-9-14(11)17(15,16)13-7-3-1-2-4-8-13/h11H,1-10H2. The van der Waals surface area contributed by atoms with Gasteiger partial charge < -0.3 is 0 Å². The van der Waals surface area contributed by atoms with Gasteiger partial charge in [-0.2, -0.15) is 17.0 Å². The summed E-state index contributed by atoms with van der Waals surface area (Å²) in [6.45, 7) is 1.98. The summed E-state index contributed by atoms with van der Waals surface area (Å²) >= 11 is 5.86. The van der Waals surface area contributed by atoms with Gasteiger partial charge in [0, 0.05) is 31.6 Å². The second-order valence-corrected chi connectivity index (χ2v) is 7.07. The Bertz CT molecular complexity index is 339. The number of halogens is 1. The number of nitrogens with zero attached hydrogens (tertiary/aromatic N) is 2. The van der Waals surface area contributed by atoms with E-state index in [1.165, 1.54) is 0 Å². The van der Waals surface area contributed by atoms with Crippen LogP contribution in [0.25, 0.3) is 0 Å². The van der Waals surface area contributed by atoms with Gasteiger partial charge in [0.2, 0.25) is 0 Å². The first-order valence-corrected chi connectivity index (χ1v) is 8.42. The van der Waals surface area contributed by atoms with Crippen molar-refractivity contribution in [2.24, 2.45) is 0 Å². The minimum atomic E-state index is -3.26. The summed E-state index contributed by atoms with van der Waals surface area (Å²) in [6, 6.07) is 0.00456. The maximum Gasteiger partial charge on any atom is 0.282 e. The Kier molecular flexibility index (Phi) is 4.69. The van der Waals surface area contributed by atoms with E-state index in [0.717, 1.165) is 38.5 Å². The highest BCUT2D eigenvalue weighted by Gasteiger charge is 2.37. The zero-order valence-corrected chi connectivity index (χ0v) is 11.7. The molecule has 1 unspecified atom stereocenters. The molecule has 2 heterocycles. The van der Waals surface area contributed by atoms with Crippen molar-refractivity contribution < 1.29 is 8.42 Å². The minimum Gasteiger partial charge on any atom is -0.195 e. The zero-order chi connectivity index (χ0) is 12.3. The molecule has 100 valence electrons. The molecule has 0 saturated carbocycles. The lowest BCUT2D eigenvalue weighted by Gasteiger charge is -2.29. The minimum absolute atomic E-state index is 0.00456. The van der Waals surface area contributed by atoms with E-state index in [2.05, 4.69) is 0 Å². The Morgan fingerprint density at radius 3 is 2.24 bits per heavy atom. The van der Waals surface area contributed by atoms with Crippen LogP contribution in [0.4, 0.5) is 0 Å². The first kappa shape index (κ1) is 13.6. The van der Waals surface area contributed by atoms with Crippen LogP contribution in [0.15, 0.2) is 0 Å². The molecule has 2 aliphatic rings. The molecule has 0 aliphatic carbocycles. The Labute approximate surface area is 109 Å². The van der Waals surface area contributed by atoms with Gasteiger partial charge >= 0.3 is 0 Å². The average Bonchev–Trinajstić information content (AvgIpc) is 2.63. The van der Waals surface area contributed by atoms with E-state index < -0.39 is 10.2 Å². The first-order valence-electron chi connectivity index (χ1n) is 6.49. The fraction of sp³-hybridized carbons (Fsp3) is 1.00. The number of hydrogen-bond acceptors (Lipinski definition) is 2. The SMILES string of the molecule is O=S(=O)(N1CCCCCC1)N1CCCC1CCl. The molecule has 0 amide bonds. The van der Waals surface area contributed by atoms with Crippen LogP contribution in [0.5, 0.6) is 0 Å². The summed E-state index contributed by atoms with van der Waals surface area (Å²) in [5.41, 5.74) is 0. The van der Waals surface area contributed by atoms with Gasteiger partial charge in [-0.05, 0) is 25.7 Å². The van der Waals surface area contributed by atoms with Crippen LogP contribution in [-0.4, -0.2) is 48.6 Å². The number of hydrogen-bond donors (Lipinski definition) is 0. The first-order chi connectivity index (χ1) is 8.16. The lowest BCUT2D eigenvalue weighted by atomic mass is 10.2. The zero-order valence-electron chi connectivity index (χ0n) is 10.1. The highest BCUT2D eigenvalue weighted by molar-refractivity contribution is 7.86. The lowest BCUT2D eigenvalue weighted by molar-refractivity contribution is 0.338. The van der Waals surface area contributed by atoms with E-state index in [-0.39, 0.29) is 6.04 Å². The van der Waals surface area contributed by atoms with Crippen LogP contribution >= 0.6 is 11.6 Å². The molecule has 0 bridgehead atoms. The van der Waals surface area contributed by atoms with Gasteiger partial charge in [0.1, 0.15) is 0 Å². The molecule has 6 heteroatoms. The Balaban J connectivity index is 2.11. The smallest absolute Gasteiger partial charge is 0.195 e. The summed E-state index contributed by atoms with van der Waals surface area (Å²) in [4.78, 5) is 0. The summed E-state index contributed by atoms with van der Waals surface area (Å²) in [7, 11) is -3.26. The molecule has 2 rings (SSSR count). The highest BCUT2D eigenvalue weighted by atomic mass is 35.5. The van der Waals surface area contributed by atoms with Crippen molar-refractivity contribution in [2.45, 2.75) is 44.6 Å². The van der Waals surface area contributed by atoms with Crippen LogP contribution < -0.4 is 0 Å². The van der Waals surface area contributed by atoms with Crippen LogP contribution in [0.1, 0.15) is 38.5 Å². The van der Waals surface area contributed by atoms with Gasteiger partial charge in [-0.3, -0.25) is 0 Å². The number of rotatable bonds is 3. The second-order valence-electron chi connectivity index (χ2n) is 4.88. The summed E-state index contributed by atoms with van der Waals surface area (Å²) in [6.07, 6.45) is 6.09. The van der Waals surface area contributed by atoms with Gasteiger partial charge in [0.25, 0.3) is 10.2 Å². The van der Waals surface area contributed by atoms with Crippen LogP contribution in [0, 0.1) is 0 Å². The van der Waals surface area contributed by atoms with Crippen molar-refractivity contribution in [1.29, 1.82) is 0 Å². The van der Waals surface area contributed by atoms with Crippen molar-refractivity contribution in [2.75, 3.05) is 25.5 Å². The third-order valence-electron chi connectivity index (χ3n) is 3.69. The van der Waals surface area contributed by atoms with Gasteiger partial charge in [0.15, 0.2) is 0 Å². The maximum atomic E-state index is 12.5. The van der Waals surface area contributed by atoms with Crippen LogP contribution in [0.2, 0.25) is 0 Å².